The molecule has 5 heteroatoms. The third-order valence-corrected chi connectivity index (χ3v) is 4.55. The predicted octanol–water partition coefficient (Wildman–Crippen LogP) is 4.30. The van der Waals surface area contributed by atoms with Crippen molar-refractivity contribution in [3.8, 4) is 5.75 Å². The molecule has 0 saturated heterocycles. The summed E-state index contributed by atoms with van der Waals surface area (Å²) in [6.45, 7) is 0.720. The highest BCUT2D eigenvalue weighted by Gasteiger charge is 2.13. The first-order valence-electron chi connectivity index (χ1n) is 6.72. The van der Waals surface area contributed by atoms with Gasteiger partial charge in [-0.25, -0.2) is 0 Å². The van der Waals surface area contributed by atoms with Crippen molar-refractivity contribution in [2.75, 3.05) is 11.9 Å². The standard InChI is InChI=1S/C16H15ClN2OS/c17-13-8-12-6-7-18-16(19-14(12)9-15(13)20)21-10-11-4-2-1-3-5-11/h1-5,8-9,20H,6-7,10H2,(H,18,19). The summed E-state index contributed by atoms with van der Waals surface area (Å²) in [5.74, 6) is 0.957. The minimum Gasteiger partial charge on any atom is -0.506 e. The van der Waals surface area contributed by atoms with E-state index in [1.54, 1.807) is 23.9 Å². The van der Waals surface area contributed by atoms with E-state index in [-0.39, 0.29) is 5.75 Å². The zero-order valence-corrected chi connectivity index (χ0v) is 12.9. The van der Waals surface area contributed by atoms with Gasteiger partial charge in [0.1, 0.15) is 5.75 Å². The molecule has 0 radical (unpaired) electrons. The Hall–Kier alpha value is -1.65. The Balaban J connectivity index is 1.73. The number of amidine groups is 1. The second-order valence-corrected chi connectivity index (χ2v) is 6.17. The third kappa shape index (κ3) is 3.52. The van der Waals surface area contributed by atoms with Gasteiger partial charge in [0.05, 0.1) is 5.02 Å². The summed E-state index contributed by atoms with van der Waals surface area (Å²) in [7, 11) is 0. The first-order chi connectivity index (χ1) is 10.2. The number of nitrogens with zero attached hydrogens (tertiary/aromatic N) is 1. The fraction of sp³-hybridized carbons (Fsp3) is 0.188. The van der Waals surface area contributed by atoms with Crippen molar-refractivity contribution in [3.05, 3.63) is 58.6 Å². The minimum absolute atomic E-state index is 0.0947. The normalized spacial score (nSPS) is 13.9. The zero-order valence-electron chi connectivity index (χ0n) is 11.3. The Morgan fingerprint density at radius 3 is 2.86 bits per heavy atom. The van der Waals surface area contributed by atoms with Gasteiger partial charge >= 0.3 is 0 Å². The highest BCUT2D eigenvalue weighted by molar-refractivity contribution is 8.13. The fourth-order valence-electron chi connectivity index (χ4n) is 2.17. The van der Waals surface area contributed by atoms with Gasteiger partial charge < -0.3 is 10.4 Å². The third-order valence-electron chi connectivity index (χ3n) is 3.27. The highest BCUT2D eigenvalue weighted by atomic mass is 35.5. The summed E-state index contributed by atoms with van der Waals surface area (Å²) in [6, 6.07) is 13.8. The van der Waals surface area contributed by atoms with Gasteiger partial charge in [-0.2, -0.15) is 0 Å². The van der Waals surface area contributed by atoms with Gasteiger partial charge in [0.25, 0.3) is 0 Å². The van der Waals surface area contributed by atoms with Gasteiger partial charge in [-0.05, 0) is 23.6 Å². The molecule has 0 amide bonds. The van der Waals surface area contributed by atoms with E-state index in [9.17, 15) is 5.11 Å². The van der Waals surface area contributed by atoms with E-state index in [0.717, 1.165) is 35.1 Å². The summed E-state index contributed by atoms with van der Waals surface area (Å²) in [6.07, 6.45) is 0.817. The smallest absolute Gasteiger partial charge is 0.161 e. The van der Waals surface area contributed by atoms with Gasteiger partial charge in [0.2, 0.25) is 0 Å². The molecule has 1 aliphatic heterocycles. The molecular weight excluding hydrogens is 304 g/mol. The van der Waals surface area contributed by atoms with E-state index in [1.807, 2.05) is 18.2 Å². The van der Waals surface area contributed by atoms with Crippen molar-refractivity contribution < 1.29 is 5.11 Å². The van der Waals surface area contributed by atoms with Crippen molar-refractivity contribution in [3.63, 3.8) is 0 Å². The van der Waals surface area contributed by atoms with E-state index < -0.39 is 0 Å². The van der Waals surface area contributed by atoms with Crippen LogP contribution in [0.4, 0.5) is 5.69 Å². The number of halogens is 1. The highest BCUT2D eigenvalue weighted by Crippen LogP contribution is 2.32. The number of aliphatic imine (C=N–C) groups is 1. The first kappa shape index (κ1) is 14.3. The number of rotatable bonds is 2. The molecule has 1 heterocycles. The van der Waals surface area contributed by atoms with Crippen LogP contribution in [-0.2, 0) is 12.2 Å². The molecule has 1 aliphatic rings. The summed E-state index contributed by atoms with van der Waals surface area (Å²) < 4.78 is 0. The monoisotopic (exact) mass is 318 g/mol. The summed E-state index contributed by atoms with van der Waals surface area (Å²) in [5.41, 5.74) is 3.22. The first-order valence-corrected chi connectivity index (χ1v) is 8.08. The summed E-state index contributed by atoms with van der Waals surface area (Å²) >= 11 is 7.62. The minimum atomic E-state index is 0.0947. The lowest BCUT2D eigenvalue weighted by Crippen LogP contribution is -2.08. The number of nitrogens with one attached hydrogen (secondary N) is 1. The Morgan fingerprint density at radius 1 is 1.24 bits per heavy atom. The van der Waals surface area contributed by atoms with E-state index >= 15 is 0 Å². The van der Waals surface area contributed by atoms with Crippen LogP contribution in [0.5, 0.6) is 5.75 Å². The summed E-state index contributed by atoms with van der Waals surface area (Å²) in [5, 5.41) is 14.3. The second kappa shape index (κ2) is 6.41. The number of hydrogen-bond acceptors (Lipinski definition) is 4. The largest absolute Gasteiger partial charge is 0.506 e. The molecule has 2 aromatic rings. The maximum atomic E-state index is 9.74. The van der Waals surface area contributed by atoms with Crippen molar-refractivity contribution in [2.45, 2.75) is 12.2 Å². The van der Waals surface area contributed by atoms with Crippen LogP contribution in [0.15, 0.2) is 47.5 Å². The number of thioether (sulfide) groups is 1. The molecule has 3 nitrogen and oxygen atoms in total. The molecule has 0 aliphatic carbocycles. The zero-order chi connectivity index (χ0) is 14.7. The van der Waals surface area contributed by atoms with Crippen LogP contribution in [-0.4, -0.2) is 16.8 Å². The molecule has 0 bridgehead atoms. The van der Waals surface area contributed by atoms with Crippen LogP contribution in [0.2, 0.25) is 5.02 Å². The van der Waals surface area contributed by atoms with Crippen molar-refractivity contribution >= 4 is 34.2 Å². The van der Waals surface area contributed by atoms with E-state index in [0.29, 0.717) is 5.02 Å². The van der Waals surface area contributed by atoms with E-state index in [1.165, 1.54) is 5.56 Å². The molecule has 0 atom stereocenters. The van der Waals surface area contributed by atoms with Crippen LogP contribution in [0.3, 0.4) is 0 Å². The molecule has 21 heavy (non-hydrogen) atoms. The SMILES string of the molecule is Oc1cc2c(cc1Cl)CCN=C(SCc1ccccc1)N2. The molecule has 0 saturated carbocycles. The maximum Gasteiger partial charge on any atom is 0.161 e. The molecule has 0 fully saturated rings. The molecule has 3 rings (SSSR count). The van der Waals surface area contributed by atoms with E-state index in [2.05, 4.69) is 22.4 Å². The lowest BCUT2D eigenvalue weighted by Gasteiger charge is -2.11. The number of benzene rings is 2. The Labute approximate surface area is 133 Å². The number of hydrogen-bond donors (Lipinski definition) is 2. The topological polar surface area (TPSA) is 44.6 Å². The molecule has 2 aromatic carbocycles. The molecule has 0 unspecified atom stereocenters. The Kier molecular flexibility index (Phi) is 4.36. The van der Waals surface area contributed by atoms with Crippen LogP contribution in [0, 0.1) is 0 Å². The van der Waals surface area contributed by atoms with E-state index in [4.69, 9.17) is 11.6 Å². The molecule has 0 aromatic heterocycles. The van der Waals surface area contributed by atoms with Crippen molar-refractivity contribution in [1.29, 1.82) is 0 Å². The van der Waals surface area contributed by atoms with Gasteiger partial charge in [-0.15, -0.1) is 0 Å². The van der Waals surface area contributed by atoms with Gasteiger partial charge in [-0.3, -0.25) is 4.99 Å². The van der Waals surface area contributed by atoms with Gasteiger partial charge in [0, 0.05) is 24.1 Å². The Morgan fingerprint density at radius 2 is 2.05 bits per heavy atom. The number of anilines is 1. The lowest BCUT2D eigenvalue weighted by molar-refractivity contribution is 0.475. The van der Waals surface area contributed by atoms with Crippen molar-refractivity contribution in [1.82, 2.24) is 0 Å². The molecule has 108 valence electrons. The fourth-order valence-corrected chi connectivity index (χ4v) is 3.21. The Bertz CT molecular complexity index is 673. The number of phenols is 1. The van der Waals surface area contributed by atoms with Gasteiger partial charge in [-0.1, -0.05) is 53.7 Å². The van der Waals surface area contributed by atoms with Crippen molar-refractivity contribution in [2.24, 2.45) is 4.99 Å². The number of fused-ring (bicyclic) bond motifs is 1. The van der Waals surface area contributed by atoms with Gasteiger partial charge in [0.15, 0.2) is 5.17 Å². The van der Waals surface area contributed by atoms with Crippen LogP contribution >= 0.6 is 23.4 Å². The predicted molar refractivity (Wildman–Crippen MR) is 90.5 cm³/mol. The molecule has 2 N–H and O–H groups in total. The lowest BCUT2D eigenvalue weighted by atomic mass is 10.1. The second-order valence-electron chi connectivity index (χ2n) is 4.80. The van der Waals surface area contributed by atoms with Crippen LogP contribution < -0.4 is 5.32 Å². The van der Waals surface area contributed by atoms with Crippen LogP contribution in [0.25, 0.3) is 0 Å². The number of aromatic hydroxyl groups is 1. The quantitative estimate of drug-likeness (QED) is 0.867. The average Bonchev–Trinajstić information content (AvgIpc) is 2.69. The molecular formula is C16H15ClN2OS. The van der Waals surface area contributed by atoms with Crippen LogP contribution in [0.1, 0.15) is 11.1 Å². The molecule has 0 spiro atoms. The maximum absolute atomic E-state index is 9.74. The number of phenolic OH excluding ortho intramolecular Hbond substituents is 1. The average molecular weight is 319 g/mol. The summed E-state index contributed by atoms with van der Waals surface area (Å²) in [4.78, 5) is 4.56.